The molecule has 1 aromatic rings. The van der Waals surface area contributed by atoms with Crippen LogP contribution in [-0.4, -0.2) is 18.5 Å². The summed E-state index contributed by atoms with van der Waals surface area (Å²) in [7, 11) is 0. The van der Waals surface area contributed by atoms with Crippen molar-refractivity contribution in [1.82, 2.24) is 10.6 Å². The van der Waals surface area contributed by atoms with E-state index in [0.717, 1.165) is 42.8 Å². The number of halogens is 1. The SMILES string of the molecule is CCC(NC(=O)[C@H]1CCCCN1)c1ccc(Cl)cc1. The number of rotatable bonds is 4. The normalized spacial score (nSPS) is 20.8. The second-order valence-electron chi connectivity index (χ2n) is 5.02. The van der Waals surface area contributed by atoms with Crippen LogP contribution >= 0.6 is 11.6 Å². The van der Waals surface area contributed by atoms with Crippen molar-refractivity contribution in [2.24, 2.45) is 0 Å². The summed E-state index contributed by atoms with van der Waals surface area (Å²) >= 11 is 5.89. The van der Waals surface area contributed by atoms with E-state index >= 15 is 0 Å². The van der Waals surface area contributed by atoms with Gasteiger partial charge < -0.3 is 10.6 Å². The highest BCUT2D eigenvalue weighted by molar-refractivity contribution is 6.30. The molecule has 4 heteroatoms. The zero-order valence-electron chi connectivity index (χ0n) is 11.3. The van der Waals surface area contributed by atoms with Crippen molar-refractivity contribution in [3.63, 3.8) is 0 Å². The van der Waals surface area contributed by atoms with Crippen molar-refractivity contribution in [1.29, 1.82) is 0 Å². The van der Waals surface area contributed by atoms with E-state index in [9.17, 15) is 4.79 Å². The van der Waals surface area contributed by atoms with Gasteiger partial charge in [0.05, 0.1) is 12.1 Å². The third-order valence-electron chi connectivity index (χ3n) is 3.62. The molecule has 0 aliphatic carbocycles. The first kappa shape index (κ1) is 14.4. The Labute approximate surface area is 119 Å². The minimum atomic E-state index is -0.0323. The lowest BCUT2D eigenvalue weighted by atomic mass is 10.0. The summed E-state index contributed by atoms with van der Waals surface area (Å²) < 4.78 is 0. The molecule has 19 heavy (non-hydrogen) atoms. The molecular formula is C15H21ClN2O. The van der Waals surface area contributed by atoms with E-state index in [1.807, 2.05) is 24.3 Å². The Bertz CT molecular complexity index is 413. The standard InChI is InChI=1S/C15H21ClN2O/c1-2-13(11-6-8-12(16)9-7-11)18-15(19)14-5-3-4-10-17-14/h6-9,13-14,17H,2-5,10H2,1H3,(H,18,19)/t13?,14-/m1/s1. The first-order valence-corrected chi connectivity index (χ1v) is 7.37. The highest BCUT2D eigenvalue weighted by Gasteiger charge is 2.22. The highest BCUT2D eigenvalue weighted by Crippen LogP contribution is 2.19. The van der Waals surface area contributed by atoms with Gasteiger partial charge in [0.15, 0.2) is 0 Å². The van der Waals surface area contributed by atoms with Gasteiger partial charge in [-0.15, -0.1) is 0 Å². The van der Waals surface area contributed by atoms with Crippen LogP contribution in [0.15, 0.2) is 24.3 Å². The van der Waals surface area contributed by atoms with Crippen molar-refractivity contribution in [3.8, 4) is 0 Å². The Morgan fingerprint density at radius 3 is 2.74 bits per heavy atom. The van der Waals surface area contributed by atoms with Gasteiger partial charge in [0.2, 0.25) is 5.91 Å². The van der Waals surface area contributed by atoms with Gasteiger partial charge in [0.25, 0.3) is 0 Å². The average molecular weight is 281 g/mol. The predicted octanol–water partition coefficient (Wildman–Crippen LogP) is 3.05. The molecule has 2 rings (SSSR count). The third-order valence-corrected chi connectivity index (χ3v) is 3.88. The zero-order valence-corrected chi connectivity index (χ0v) is 12.0. The van der Waals surface area contributed by atoms with Gasteiger partial charge in [-0.3, -0.25) is 4.79 Å². The van der Waals surface area contributed by atoms with Crippen molar-refractivity contribution < 1.29 is 4.79 Å². The fraction of sp³-hybridized carbons (Fsp3) is 0.533. The molecule has 0 aromatic heterocycles. The van der Waals surface area contributed by atoms with Crippen LogP contribution in [0.3, 0.4) is 0 Å². The van der Waals surface area contributed by atoms with E-state index in [4.69, 9.17) is 11.6 Å². The lowest BCUT2D eigenvalue weighted by molar-refractivity contribution is -0.124. The number of amides is 1. The van der Waals surface area contributed by atoms with Crippen molar-refractivity contribution >= 4 is 17.5 Å². The molecule has 1 aliphatic rings. The first-order valence-electron chi connectivity index (χ1n) is 7.00. The van der Waals surface area contributed by atoms with Crippen LogP contribution in [0.5, 0.6) is 0 Å². The van der Waals surface area contributed by atoms with Crippen LogP contribution in [0, 0.1) is 0 Å². The quantitative estimate of drug-likeness (QED) is 0.890. The zero-order chi connectivity index (χ0) is 13.7. The smallest absolute Gasteiger partial charge is 0.237 e. The van der Waals surface area contributed by atoms with Crippen molar-refractivity contribution in [3.05, 3.63) is 34.9 Å². The Kier molecular flexibility index (Phi) is 5.23. The number of piperidine rings is 1. The number of benzene rings is 1. The van der Waals surface area contributed by atoms with Crippen molar-refractivity contribution in [2.45, 2.75) is 44.7 Å². The summed E-state index contributed by atoms with van der Waals surface area (Å²) in [6.07, 6.45) is 4.10. The van der Waals surface area contributed by atoms with E-state index in [2.05, 4.69) is 17.6 Å². The Morgan fingerprint density at radius 2 is 2.16 bits per heavy atom. The van der Waals surface area contributed by atoms with Crippen LogP contribution < -0.4 is 10.6 Å². The van der Waals surface area contributed by atoms with Crippen LogP contribution in [0.4, 0.5) is 0 Å². The fourth-order valence-electron chi connectivity index (χ4n) is 2.46. The minimum Gasteiger partial charge on any atom is -0.348 e. The van der Waals surface area contributed by atoms with Crippen LogP contribution in [0.25, 0.3) is 0 Å². The lowest BCUT2D eigenvalue weighted by Gasteiger charge is -2.25. The summed E-state index contributed by atoms with van der Waals surface area (Å²) in [5, 5.41) is 7.12. The van der Waals surface area contributed by atoms with E-state index in [0.29, 0.717) is 0 Å². The number of hydrogen-bond donors (Lipinski definition) is 2. The summed E-state index contributed by atoms with van der Waals surface area (Å²) in [5.74, 6) is 0.113. The summed E-state index contributed by atoms with van der Waals surface area (Å²) in [4.78, 5) is 12.2. The molecular weight excluding hydrogens is 260 g/mol. The van der Waals surface area contributed by atoms with Gasteiger partial charge in [-0.25, -0.2) is 0 Å². The van der Waals surface area contributed by atoms with Gasteiger partial charge in [-0.05, 0) is 43.5 Å². The number of hydrogen-bond acceptors (Lipinski definition) is 2. The predicted molar refractivity (Wildman–Crippen MR) is 78.3 cm³/mol. The molecule has 1 amide bonds. The molecule has 0 saturated carbocycles. The molecule has 3 nitrogen and oxygen atoms in total. The molecule has 2 N–H and O–H groups in total. The van der Waals surface area contributed by atoms with Gasteiger partial charge in [0, 0.05) is 5.02 Å². The monoisotopic (exact) mass is 280 g/mol. The van der Waals surface area contributed by atoms with Crippen LogP contribution in [0.2, 0.25) is 5.02 Å². The van der Waals surface area contributed by atoms with E-state index in [1.165, 1.54) is 0 Å². The van der Waals surface area contributed by atoms with Gasteiger partial charge in [-0.2, -0.15) is 0 Å². The topological polar surface area (TPSA) is 41.1 Å². The van der Waals surface area contributed by atoms with Crippen molar-refractivity contribution in [2.75, 3.05) is 6.54 Å². The lowest BCUT2D eigenvalue weighted by Crippen LogP contribution is -2.47. The Balaban J connectivity index is 1.98. The van der Waals surface area contributed by atoms with Crippen LogP contribution in [-0.2, 0) is 4.79 Å². The molecule has 1 aliphatic heterocycles. The molecule has 1 heterocycles. The Morgan fingerprint density at radius 1 is 1.42 bits per heavy atom. The van der Waals surface area contributed by atoms with E-state index in [-0.39, 0.29) is 18.0 Å². The third kappa shape index (κ3) is 3.95. The van der Waals surface area contributed by atoms with Crippen LogP contribution in [0.1, 0.15) is 44.2 Å². The summed E-state index contributed by atoms with van der Waals surface area (Å²) in [6, 6.07) is 7.72. The summed E-state index contributed by atoms with van der Waals surface area (Å²) in [6.45, 7) is 3.02. The second kappa shape index (κ2) is 6.92. The minimum absolute atomic E-state index is 0.0323. The molecule has 104 valence electrons. The molecule has 2 atom stereocenters. The highest BCUT2D eigenvalue weighted by atomic mass is 35.5. The maximum Gasteiger partial charge on any atom is 0.237 e. The number of carbonyl (C=O) groups excluding carboxylic acids is 1. The first-order chi connectivity index (χ1) is 9.20. The molecule has 0 radical (unpaired) electrons. The van der Waals surface area contributed by atoms with Gasteiger partial charge in [-0.1, -0.05) is 37.1 Å². The number of carbonyl (C=O) groups is 1. The van der Waals surface area contributed by atoms with Gasteiger partial charge in [0.1, 0.15) is 0 Å². The molecule has 1 fully saturated rings. The maximum absolute atomic E-state index is 12.2. The molecule has 1 aromatic carbocycles. The fourth-order valence-corrected chi connectivity index (χ4v) is 2.59. The molecule has 1 saturated heterocycles. The summed E-state index contributed by atoms with van der Waals surface area (Å²) in [5.41, 5.74) is 1.11. The Hall–Kier alpha value is -1.06. The largest absolute Gasteiger partial charge is 0.348 e. The average Bonchev–Trinajstić information content (AvgIpc) is 2.46. The molecule has 0 bridgehead atoms. The maximum atomic E-state index is 12.2. The number of nitrogens with one attached hydrogen (secondary N) is 2. The van der Waals surface area contributed by atoms with Gasteiger partial charge >= 0.3 is 0 Å². The van der Waals surface area contributed by atoms with E-state index < -0.39 is 0 Å². The van der Waals surface area contributed by atoms with E-state index in [1.54, 1.807) is 0 Å². The second-order valence-corrected chi connectivity index (χ2v) is 5.46. The molecule has 0 spiro atoms. The molecule has 1 unspecified atom stereocenters.